The van der Waals surface area contributed by atoms with Crippen molar-refractivity contribution in [2.75, 3.05) is 6.16 Å². The molecule has 1 aliphatic heterocycles. The number of rotatable bonds is 4. The van der Waals surface area contributed by atoms with Crippen molar-refractivity contribution < 1.29 is 9.09 Å². The van der Waals surface area contributed by atoms with Gasteiger partial charge in [-0.15, -0.1) is 0 Å². The average Bonchev–Trinajstić information content (AvgIpc) is 2.90. The topological polar surface area (TPSA) is 26.3 Å². The summed E-state index contributed by atoms with van der Waals surface area (Å²) in [7, 11) is -2.64. The van der Waals surface area contributed by atoms with E-state index in [0.717, 1.165) is 5.56 Å². The Morgan fingerprint density at radius 1 is 1.00 bits per heavy atom. The van der Waals surface area contributed by atoms with Gasteiger partial charge in [0.2, 0.25) is 7.37 Å². The number of benzene rings is 2. The van der Waals surface area contributed by atoms with Gasteiger partial charge in [0.15, 0.2) is 0 Å². The maximum Gasteiger partial charge on any atom is 0.226 e. The summed E-state index contributed by atoms with van der Waals surface area (Å²) in [5, 5.41) is 0. The first-order valence-corrected chi connectivity index (χ1v) is 8.65. The smallest absolute Gasteiger partial charge is 0.226 e. The van der Waals surface area contributed by atoms with E-state index in [4.69, 9.17) is 4.52 Å². The zero-order valence-electron chi connectivity index (χ0n) is 11.2. The third-order valence-corrected chi connectivity index (χ3v) is 5.61. The Morgan fingerprint density at radius 2 is 1.65 bits per heavy atom. The summed E-state index contributed by atoms with van der Waals surface area (Å²) in [4.78, 5) is 0. The van der Waals surface area contributed by atoms with Crippen LogP contribution in [0.15, 0.2) is 72.6 Å². The van der Waals surface area contributed by atoms with Gasteiger partial charge in [-0.1, -0.05) is 66.7 Å². The van der Waals surface area contributed by atoms with Crippen LogP contribution in [-0.2, 0) is 15.7 Å². The highest BCUT2D eigenvalue weighted by molar-refractivity contribution is 7.62. The van der Waals surface area contributed by atoms with Crippen LogP contribution in [0.2, 0.25) is 0 Å². The maximum atomic E-state index is 12.7. The zero-order valence-corrected chi connectivity index (χ0v) is 12.1. The molecule has 0 bridgehead atoms. The van der Waals surface area contributed by atoms with Crippen LogP contribution in [-0.4, -0.2) is 6.16 Å². The molecular weight excluding hydrogens is 267 g/mol. The second kappa shape index (κ2) is 5.78. The third-order valence-electron chi connectivity index (χ3n) is 3.52. The van der Waals surface area contributed by atoms with E-state index in [2.05, 4.69) is 12.1 Å². The molecule has 0 aromatic heterocycles. The second-order valence-electron chi connectivity index (χ2n) is 5.03. The van der Waals surface area contributed by atoms with Gasteiger partial charge in [-0.25, -0.2) is 0 Å². The molecule has 0 saturated heterocycles. The van der Waals surface area contributed by atoms with Gasteiger partial charge in [0, 0.05) is 12.1 Å². The fourth-order valence-electron chi connectivity index (χ4n) is 2.40. The first-order chi connectivity index (χ1) is 9.75. The van der Waals surface area contributed by atoms with Crippen molar-refractivity contribution in [3.63, 3.8) is 0 Å². The molecule has 0 spiro atoms. The fourth-order valence-corrected chi connectivity index (χ4v) is 4.43. The van der Waals surface area contributed by atoms with Gasteiger partial charge in [-0.2, -0.15) is 0 Å². The van der Waals surface area contributed by atoms with Gasteiger partial charge in [0.25, 0.3) is 0 Å². The van der Waals surface area contributed by atoms with Gasteiger partial charge in [-0.05, 0) is 16.9 Å². The number of hydrogen-bond acceptors (Lipinski definition) is 2. The van der Waals surface area contributed by atoms with Crippen molar-refractivity contribution in [3.8, 4) is 0 Å². The predicted octanol–water partition coefficient (Wildman–Crippen LogP) is 4.79. The van der Waals surface area contributed by atoms with Crippen LogP contribution >= 0.6 is 7.37 Å². The standard InChI is InChI=1S/C17H17O2P/c18-20(19-13-15-7-3-1-4-8-15)12-11-17(14-20)16-9-5-2-6-10-16/h1-12,17H,13-14H2. The van der Waals surface area contributed by atoms with E-state index in [0.29, 0.717) is 12.8 Å². The summed E-state index contributed by atoms with van der Waals surface area (Å²) in [6.45, 7) is 0.407. The van der Waals surface area contributed by atoms with Crippen molar-refractivity contribution in [2.45, 2.75) is 12.5 Å². The monoisotopic (exact) mass is 284 g/mol. The predicted molar refractivity (Wildman–Crippen MR) is 82.0 cm³/mol. The summed E-state index contributed by atoms with van der Waals surface area (Å²) in [5.41, 5.74) is 2.25. The first-order valence-electron chi connectivity index (χ1n) is 6.77. The highest BCUT2D eigenvalue weighted by atomic mass is 31.2. The van der Waals surface area contributed by atoms with Crippen LogP contribution in [0, 0.1) is 0 Å². The molecule has 2 unspecified atom stereocenters. The lowest BCUT2D eigenvalue weighted by Crippen LogP contribution is -1.98. The van der Waals surface area contributed by atoms with E-state index in [-0.39, 0.29) is 5.92 Å². The Bertz CT molecular complexity index is 635. The molecule has 1 heterocycles. The molecule has 2 aromatic rings. The van der Waals surface area contributed by atoms with E-state index >= 15 is 0 Å². The molecule has 102 valence electrons. The molecule has 0 fully saturated rings. The van der Waals surface area contributed by atoms with Crippen molar-refractivity contribution in [2.24, 2.45) is 0 Å². The second-order valence-corrected chi connectivity index (χ2v) is 7.40. The van der Waals surface area contributed by atoms with Crippen LogP contribution in [0.3, 0.4) is 0 Å². The van der Waals surface area contributed by atoms with E-state index in [1.54, 1.807) is 5.82 Å². The zero-order chi connectivity index (χ0) is 13.8. The Labute approximate surface area is 119 Å². The summed E-state index contributed by atoms with van der Waals surface area (Å²) in [5.74, 6) is 1.98. The summed E-state index contributed by atoms with van der Waals surface area (Å²) >= 11 is 0. The fraction of sp³-hybridized carbons (Fsp3) is 0.176. The summed E-state index contributed by atoms with van der Waals surface area (Å²) < 4.78 is 18.4. The highest BCUT2D eigenvalue weighted by Crippen LogP contribution is 2.57. The Kier molecular flexibility index (Phi) is 3.86. The minimum atomic E-state index is -2.64. The lowest BCUT2D eigenvalue weighted by atomic mass is 10.0. The molecule has 0 aliphatic carbocycles. The van der Waals surface area contributed by atoms with Gasteiger partial charge < -0.3 is 4.52 Å². The first kappa shape index (κ1) is 13.4. The molecule has 0 radical (unpaired) electrons. The Balaban J connectivity index is 1.64. The van der Waals surface area contributed by atoms with Crippen LogP contribution in [0.25, 0.3) is 0 Å². The van der Waals surface area contributed by atoms with Gasteiger partial charge in [0.1, 0.15) is 0 Å². The molecule has 2 aromatic carbocycles. The Morgan fingerprint density at radius 3 is 2.35 bits per heavy atom. The molecule has 20 heavy (non-hydrogen) atoms. The van der Waals surface area contributed by atoms with Crippen molar-refractivity contribution in [1.82, 2.24) is 0 Å². The van der Waals surface area contributed by atoms with Crippen LogP contribution < -0.4 is 0 Å². The van der Waals surface area contributed by atoms with E-state index in [1.807, 2.05) is 54.6 Å². The van der Waals surface area contributed by atoms with E-state index in [9.17, 15) is 4.57 Å². The normalized spacial score (nSPS) is 24.9. The molecule has 3 heteroatoms. The molecule has 2 nitrogen and oxygen atoms in total. The van der Waals surface area contributed by atoms with Crippen molar-refractivity contribution in [3.05, 3.63) is 83.7 Å². The van der Waals surface area contributed by atoms with Gasteiger partial charge >= 0.3 is 0 Å². The highest BCUT2D eigenvalue weighted by Gasteiger charge is 2.30. The maximum absolute atomic E-state index is 12.7. The van der Waals surface area contributed by atoms with Crippen LogP contribution in [0.4, 0.5) is 0 Å². The minimum absolute atomic E-state index is 0.206. The minimum Gasteiger partial charge on any atom is -0.321 e. The van der Waals surface area contributed by atoms with Crippen LogP contribution in [0.1, 0.15) is 17.0 Å². The SMILES string of the molecule is O=P1(OCc2ccccc2)C=CC(c2ccccc2)C1. The Hall–Kier alpha value is -1.63. The van der Waals surface area contributed by atoms with Gasteiger partial charge in [0.05, 0.1) is 6.61 Å². The lowest BCUT2D eigenvalue weighted by Gasteiger charge is -2.14. The van der Waals surface area contributed by atoms with E-state index < -0.39 is 7.37 Å². The number of hydrogen-bond donors (Lipinski definition) is 0. The molecule has 0 N–H and O–H groups in total. The average molecular weight is 284 g/mol. The largest absolute Gasteiger partial charge is 0.321 e. The molecular formula is C17H17O2P. The quantitative estimate of drug-likeness (QED) is 0.754. The molecule has 0 saturated carbocycles. The summed E-state index contributed by atoms with van der Waals surface area (Å²) in [6, 6.07) is 20.0. The lowest BCUT2D eigenvalue weighted by molar-refractivity contribution is 0.309. The van der Waals surface area contributed by atoms with E-state index in [1.165, 1.54) is 5.56 Å². The molecule has 0 amide bonds. The van der Waals surface area contributed by atoms with Crippen molar-refractivity contribution >= 4 is 7.37 Å². The summed E-state index contributed by atoms with van der Waals surface area (Å²) in [6.07, 6.45) is 2.59. The number of allylic oxidation sites excluding steroid dienone is 1. The van der Waals surface area contributed by atoms with Gasteiger partial charge in [-0.3, -0.25) is 4.57 Å². The third kappa shape index (κ3) is 3.09. The molecule has 3 rings (SSSR count). The molecule has 2 atom stereocenters. The van der Waals surface area contributed by atoms with Crippen LogP contribution in [0.5, 0.6) is 0 Å². The molecule has 1 aliphatic rings. The van der Waals surface area contributed by atoms with Crippen molar-refractivity contribution in [1.29, 1.82) is 0 Å².